The monoisotopic (exact) mass is 418 g/mol. The third-order valence-electron chi connectivity index (χ3n) is 4.10. The van der Waals surface area contributed by atoms with Crippen LogP contribution in [0.2, 0.25) is 0 Å². The maximum Gasteiger partial charge on any atom is 0.250 e. The van der Waals surface area contributed by atoms with E-state index >= 15 is 0 Å². The lowest BCUT2D eigenvalue weighted by Crippen LogP contribution is -2.45. The van der Waals surface area contributed by atoms with Crippen LogP contribution in [-0.2, 0) is 21.2 Å². The van der Waals surface area contributed by atoms with Gasteiger partial charge in [0.25, 0.3) is 10.0 Å². The Morgan fingerprint density at radius 2 is 1.86 bits per heavy atom. The summed E-state index contributed by atoms with van der Waals surface area (Å²) in [6.45, 7) is 1.62. The fraction of sp³-hybridized carbons (Fsp3) is 0.150. The van der Waals surface area contributed by atoms with Gasteiger partial charge in [0.2, 0.25) is 5.91 Å². The standard InChI is InChI=1S/C20H19FN2O3S2/c1-14-9-10-16(13-17(14)21)22-20(24)18(12-15-6-3-2-4-7-15)23-28(25,26)19-8-5-11-27-19/h2-11,13,18,23H,12H2,1H3,(H,22,24)/t18-/m0/s1. The summed E-state index contributed by atoms with van der Waals surface area (Å²) in [5.74, 6) is -1.01. The number of nitrogens with one attached hydrogen (secondary N) is 2. The Hall–Kier alpha value is -2.55. The summed E-state index contributed by atoms with van der Waals surface area (Å²) in [4.78, 5) is 12.8. The molecule has 0 saturated heterocycles. The van der Waals surface area contributed by atoms with Crippen molar-refractivity contribution in [2.75, 3.05) is 5.32 Å². The number of sulfonamides is 1. The largest absolute Gasteiger partial charge is 0.325 e. The minimum atomic E-state index is -3.85. The highest BCUT2D eigenvalue weighted by molar-refractivity contribution is 7.91. The first-order chi connectivity index (χ1) is 13.3. The van der Waals surface area contributed by atoms with Crippen LogP contribution < -0.4 is 10.0 Å². The number of thiophene rings is 1. The highest BCUT2D eigenvalue weighted by Gasteiger charge is 2.27. The fourth-order valence-corrected chi connectivity index (χ4v) is 4.80. The van der Waals surface area contributed by atoms with Crippen molar-refractivity contribution in [1.82, 2.24) is 4.72 Å². The van der Waals surface area contributed by atoms with Gasteiger partial charge in [-0.25, -0.2) is 12.8 Å². The van der Waals surface area contributed by atoms with E-state index in [-0.39, 0.29) is 16.3 Å². The van der Waals surface area contributed by atoms with Gasteiger partial charge in [-0.2, -0.15) is 4.72 Å². The molecule has 0 radical (unpaired) electrons. The predicted molar refractivity (Wildman–Crippen MR) is 108 cm³/mol. The molecule has 0 unspecified atom stereocenters. The summed E-state index contributed by atoms with van der Waals surface area (Å²) >= 11 is 1.07. The fourth-order valence-electron chi connectivity index (χ4n) is 2.60. The van der Waals surface area contributed by atoms with Gasteiger partial charge in [0.05, 0.1) is 0 Å². The Bertz CT molecular complexity index is 1050. The van der Waals surface area contributed by atoms with Crippen LogP contribution in [-0.4, -0.2) is 20.4 Å². The molecule has 8 heteroatoms. The van der Waals surface area contributed by atoms with Gasteiger partial charge in [0.15, 0.2) is 0 Å². The molecule has 2 N–H and O–H groups in total. The summed E-state index contributed by atoms with van der Waals surface area (Å²) in [7, 11) is -3.85. The average Bonchev–Trinajstić information content (AvgIpc) is 3.21. The van der Waals surface area contributed by atoms with Crippen LogP contribution in [0.1, 0.15) is 11.1 Å². The van der Waals surface area contributed by atoms with Crippen molar-refractivity contribution in [3.63, 3.8) is 0 Å². The van der Waals surface area contributed by atoms with E-state index in [0.717, 1.165) is 16.9 Å². The maximum atomic E-state index is 13.8. The van der Waals surface area contributed by atoms with Gasteiger partial charge >= 0.3 is 0 Å². The summed E-state index contributed by atoms with van der Waals surface area (Å²) in [6, 6.07) is 15.5. The van der Waals surface area contributed by atoms with E-state index in [1.165, 1.54) is 12.1 Å². The molecule has 1 aromatic heterocycles. The van der Waals surface area contributed by atoms with Crippen molar-refractivity contribution in [2.45, 2.75) is 23.6 Å². The molecule has 0 bridgehead atoms. The first-order valence-electron chi connectivity index (χ1n) is 8.52. The summed E-state index contributed by atoms with van der Waals surface area (Å²) in [6.07, 6.45) is 0.158. The Morgan fingerprint density at radius 3 is 2.50 bits per heavy atom. The van der Waals surface area contributed by atoms with Crippen LogP contribution in [0.15, 0.2) is 70.3 Å². The average molecular weight is 419 g/mol. The molecule has 3 rings (SSSR count). The molecule has 1 amide bonds. The quantitative estimate of drug-likeness (QED) is 0.614. The molecule has 0 fully saturated rings. The number of carbonyl (C=O) groups is 1. The number of rotatable bonds is 7. The molecule has 0 saturated carbocycles. The van der Waals surface area contributed by atoms with Gasteiger partial charge in [0.1, 0.15) is 16.1 Å². The van der Waals surface area contributed by atoms with E-state index in [0.29, 0.717) is 5.56 Å². The third-order valence-corrected chi connectivity index (χ3v) is 6.97. The van der Waals surface area contributed by atoms with E-state index < -0.39 is 27.8 Å². The number of aryl methyl sites for hydroxylation is 1. The van der Waals surface area contributed by atoms with Crippen LogP contribution in [0.5, 0.6) is 0 Å². The van der Waals surface area contributed by atoms with Crippen molar-refractivity contribution in [2.24, 2.45) is 0 Å². The second-order valence-electron chi connectivity index (χ2n) is 6.25. The molecule has 3 aromatic rings. The zero-order valence-corrected chi connectivity index (χ0v) is 16.7. The summed E-state index contributed by atoms with van der Waals surface area (Å²) < 4.78 is 41.6. The van der Waals surface area contributed by atoms with E-state index in [9.17, 15) is 17.6 Å². The van der Waals surface area contributed by atoms with E-state index in [2.05, 4.69) is 10.0 Å². The van der Waals surface area contributed by atoms with Gasteiger partial charge in [-0.1, -0.05) is 42.5 Å². The van der Waals surface area contributed by atoms with Gasteiger partial charge < -0.3 is 5.32 Å². The van der Waals surface area contributed by atoms with Crippen LogP contribution in [0.3, 0.4) is 0 Å². The number of hydrogen-bond acceptors (Lipinski definition) is 4. The van der Waals surface area contributed by atoms with Crippen LogP contribution in [0.4, 0.5) is 10.1 Å². The Kier molecular flexibility index (Phi) is 6.23. The minimum Gasteiger partial charge on any atom is -0.325 e. The highest BCUT2D eigenvalue weighted by Crippen LogP contribution is 2.18. The lowest BCUT2D eigenvalue weighted by atomic mass is 10.1. The first-order valence-corrected chi connectivity index (χ1v) is 10.9. The molecule has 0 spiro atoms. The van der Waals surface area contributed by atoms with Gasteiger partial charge in [-0.15, -0.1) is 11.3 Å². The molecule has 0 aliphatic rings. The number of halogens is 1. The van der Waals surface area contributed by atoms with Crippen molar-refractivity contribution in [3.8, 4) is 0 Å². The van der Waals surface area contributed by atoms with Crippen molar-refractivity contribution >= 4 is 33.0 Å². The zero-order valence-electron chi connectivity index (χ0n) is 15.1. The summed E-state index contributed by atoms with van der Waals surface area (Å²) in [5.41, 5.74) is 1.52. The second kappa shape index (κ2) is 8.64. The number of amides is 1. The topological polar surface area (TPSA) is 75.3 Å². The molecule has 0 aliphatic heterocycles. The third kappa shape index (κ3) is 5.03. The first kappa shape index (κ1) is 20.2. The normalized spacial score (nSPS) is 12.5. The van der Waals surface area contributed by atoms with Gasteiger partial charge in [0, 0.05) is 5.69 Å². The van der Waals surface area contributed by atoms with Gasteiger partial charge in [-0.05, 0) is 48.1 Å². The SMILES string of the molecule is Cc1ccc(NC(=O)[C@H](Cc2ccccc2)NS(=O)(=O)c2cccs2)cc1F. The number of hydrogen-bond donors (Lipinski definition) is 2. The van der Waals surface area contributed by atoms with Crippen molar-refractivity contribution < 1.29 is 17.6 Å². The van der Waals surface area contributed by atoms with Crippen molar-refractivity contribution in [3.05, 3.63) is 83.0 Å². The molecule has 1 heterocycles. The van der Waals surface area contributed by atoms with Crippen LogP contribution >= 0.6 is 11.3 Å². The highest BCUT2D eigenvalue weighted by atomic mass is 32.2. The van der Waals surface area contributed by atoms with Gasteiger partial charge in [-0.3, -0.25) is 4.79 Å². The van der Waals surface area contributed by atoms with Crippen molar-refractivity contribution in [1.29, 1.82) is 0 Å². The number of carbonyl (C=O) groups excluding carboxylic acids is 1. The minimum absolute atomic E-state index is 0.125. The van der Waals surface area contributed by atoms with Crippen LogP contribution in [0, 0.1) is 12.7 Å². The Morgan fingerprint density at radius 1 is 1.11 bits per heavy atom. The molecular weight excluding hydrogens is 399 g/mol. The second-order valence-corrected chi connectivity index (χ2v) is 9.14. The lowest BCUT2D eigenvalue weighted by Gasteiger charge is -2.18. The smallest absolute Gasteiger partial charge is 0.250 e. The molecule has 28 heavy (non-hydrogen) atoms. The van der Waals surface area contributed by atoms with E-state index in [1.54, 1.807) is 30.5 Å². The molecule has 5 nitrogen and oxygen atoms in total. The summed E-state index contributed by atoms with van der Waals surface area (Å²) in [5, 5.41) is 4.24. The maximum absolute atomic E-state index is 13.8. The number of anilines is 1. The molecule has 2 aromatic carbocycles. The molecular formula is C20H19FN2O3S2. The molecule has 0 aliphatic carbocycles. The molecule has 1 atom stereocenters. The Balaban J connectivity index is 1.84. The molecule has 146 valence electrons. The predicted octanol–water partition coefficient (Wildman–Crippen LogP) is 3.72. The van der Waals surface area contributed by atoms with E-state index in [4.69, 9.17) is 0 Å². The lowest BCUT2D eigenvalue weighted by molar-refractivity contribution is -0.117. The van der Waals surface area contributed by atoms with E-state index in [1.807, 2.05) is 30.3 Å². The zero-order chi connectivity index (χ0) is 20.1. The van der Waals surface area contributed by atoms with Crippen LogP contribution in [0.25, 0.3) is 0 Å². The Labute approximate surface area is 167 Å². The number of benzene rings is 2.